The number of amides is 1. The van der Waals surface area contributed by atoms with Gasteiger partial charge in [0.1, 0.15) is 17.5 Å². The average molecular weight is 967 g/mol. The number of aromatic nitrogens is 4. The third-order valence-electron chi connectivity index (χ3n) is 9.08. The number of carbonyl (C=O) groups excluding carboxylic acids is 1. The number of nitrogens with zero attached hydrogens (tertiary/aromatic N) is 6. The number of likely N-dealkylation sites (N-methyl/N-ethyl adjacent to an activating group) is 2. The van der Waals surface area contributed by atoms with Crippen molar-refractivity contribution < 1.29 is 27.9 Å². The predicted molar refractivity (Wildman–Crippen MR) is 255 cm³/mol. The molecular formula is C46H41Cl3F3N7O3S2. The van der Waals surface area contributed by atoms with Crippen LogP contribution in [0.3, 0.4) is 0 Å². The zero-order valence-electron chi connectivity index (χ0n) is 34.8. The third kappa shape index (κ3) is 13.3. The van der Waals surface area contributed by atoms with Gasteiger partial charge in [0.05, 0.1) is 44.5 Å². The fraction of sp³-hybridized carbons (Fsp3) is 0.174. The summed E-state index contributed by atoms with van der Waals surface area (Å²) in [6.07, 6.45) is 3.76. The lowest BCUT2D eigenvalue weighted by Crippen LogP contribution is -2.27. The van der Waals surface area contributed by atoms with Crippen molar-refractivity contribution in [2.24, 2.45) is 0 Å². The zero-order valence-corrected chi connectivity index (χ0v) is 38.7. The van der Waals surface area contributed by atoms with Crippen LogP contribution in [0.15, 0.2) is 108 Å². The number of pyridine rings is 2. The van der Waals surface area contributed by atoms with Gasteiger partial charge in [-0.3, -0.25) is 14.5 Å². The molecule has 10 nitrogen and oxygen atoms in total. The Morgan fingerprint density at radius 1 is 0.656 bits per heavy atom. The molecule has 8 rings (SSSR count). The third-order valence-corrected chi connectivity index (χ3v) is 11.1. The first-order valence-electron chi connectivity index (χ1n) is 19.1. The number of carboxylic acids is 1. The number of aliphatic carboxylic acids is 1. The maximum Gasteiger partial charge on any atom is 0.317 e. The molecular weight excluding hydrogens is 926 g/mol. The van der Waals surface area contributed by atoms with Gasteiger partial charge in [0.25, 0.3) is 0 Å². The highest BCUT2D eigenvalue weighted by Gasteiger charge is 2.20. The van der Waals surface area contributed by atoms with Crippen LogP contribution < -0.4 is 5.32 Å². The van der Waals surface area contributed by atoms with E-state index in [9.17, 15) is 14.0 Å². The summed E-state index contributed by atoms with van der Waals surface area (Å²) in [5.74, 6) is -1.67. The van der Waals surface area contributed by atoms with E-state index in [-0.39, 0.29) is 43.0 Å². The van der Waals surface area contributed by atoms with Crippen LogP contribution >= 0.6 is 58.3 Å². The SMILES string of the molecule is CN(C)CC(=O)Nc1ccc(Cc2cc3scnc3c(-c3cccc(Cl)c3)c2F)cn1.CN(C)CC(=O)O.Cl.Fc1ccc(Cc2cc3scnc3c(-c3cccc(Cl)c3)c2F)cn1. The Bertz CT molecular complexity index is 2860. The van der Waals surface area contributed by atoms with Crippen molar-refractivity contribution >= 4 is 96.4 Å². The van der Waals surface area contributed by atoms with Gasteiger partial charge in [-0.15, -0.1) is 35.1 Å². The molecule has 0 fully saturated rings. The van der Waals surface area contributed by atoms with Crippen molar-refractivity contribution in [1.29, 1.82) is 0 Å². The van der Waals surface area contributed by atoms with Gasteiger partial charge in [-0.05, 0) is 110 Å². The van der Waals surface area contributed by atoms with Crippen LogP contribution in [-0.4, -0.2) is 88.0 Å². The molecule has 0 atom stereocenters. The summed E-state index contributed by atoms with van der Waals surface area (Å²) < 4.78 is 45.7. The number of nitrogens with one attached hydrogen (secondary N) is 1. The minimum atomic E-state index is -0.787. The van der Waals surface area contributed by atoms with Crippen LogP contribution in [0.2, 0.25) is 10.0 Å². The molecule has 4 heterocycles. The second kappa shape index (κ2) is 22.9. The second-order valence-electron chi connectivity index (χ2n) is 14.7. The van der Waals surface area contributed by atoms with E-state index in [1.165, 1.54) is 34.9 Å². The second-order valence-corrected chi connectivity index (χ2v) is 17.3. The summed E-state index contributed by atoms with van der Waals surface area (Å²) >= 11 is 15.1. The van der Waals surface area contributed by atoms with Crippen LogP contribution in [0.4, 0.5) is 19.0 Å². The maximum atomic E-state index is 15.6. The van der Waals surface area contributed by atoms with Crippen molar-refractivity contribution in [2.45, 2.75) is 12.8 Å². The van der Waals surface area contributed by atoms with E-state index in [0.29, 0.717) is 73.1 Å². The number of benzene rings is 4. The normalized spacial score (nSPS) is 10.9. The first-order valence-corrected chi connectivity index (χ1v) is 21.6. The van der Waals surface area contributed by atoms with E-state index < -0.39 is 11.9 Å². The maximum absolute atomic E-state index is 15.6. The Labute approximate surface area is 391 Å². The summed E-state index contributed by atoms with van der Waals surface area (Å²) in [6.45, 7) is 0.385. The van der Waals surface area contributed by atoms with Crippen LogP contribution in [0, 0.1) is 17.6 Å². The smallest absolute Gasteiger partial charge is 0.317 e. The molecule has 8 aromatic rings. The molecule has 0 aliphatic carbocycles. The lowest BCUT2D eigenvalue weighted by Gasteiger charge is -2.12. The van der Waals surface area contributed by atoms with E-state index in [4.69, 9.17) is 28.3 Å². The van der Waals surface area contributed by atoms with Crippen LogP contribution in [0.1, 0.15) is 22.3 Å². The average Bonchev–Trinajstić information content (AvgIpc) is 3.89. The molecule has 0 aliphatic heterocycles. The summed E-state index contributed by atoms with van der Waals surface area (Å²) in [5, 5.41) is 11.9. The molecule has 18 heteroatoms. The van der Waals surface area contributed by atoms with Gasteiger partial charge in [0, 0.05) is 46.4 Å². The van der Waals surface area contributed by atoms with Crippen molar-refractivity contribution in [3.05, 3.63) is 158 Å². The number of thiazole rings is 2. The first-order chi connectivity index (χ1) is 30.1. The fourth-order valence-electron chi connectivity index (χ4n) is 6.43. The van der Waals surface area contributed by atoms with Crippen LogP contribution in [-0.2, 0) is 22.4 Å². The monoisotopic (exact) mass is 965 g/mol. The highest BCUT2D eigenvalue weighted by molar-refractivity contribution is 7.17. The number of carbonyl (C=O) groups is 2. The van der Waals surface area contributed by atoms with Crippen molar-refractivity contribution in [1.82, 2.24) is 29.7 Å². The van der Waals surface area contributed by atoms with Crippen LogP contribution in [0.5, 0.6) is 0 Å². The minimum absolute atomic E-state index is 0. The molecule has 1 amide bonds. The number of halogens is 6. The largest absolute Gasteiger partial charge is 0.480 e. The molecule has 0 saturated heterocycles. The van der Waals surface area contributed by atoms with Crippen LogP contribution in [0.25, 0.3) is 42.7 Å². The molecule has 0 radical (unpaired) electrons. The van der Waals surface area contributed by atoms with E-state index in [0.717, 1.165) is 20.5 Å². The molecule has 0 aliphatic rings. The number of fused-ring (bicyclic) bond motifs is 2. The zero-order chi connectivity index (χ0) is 45.2. The standard InChI is InChI=1S/C23H20ClFN4OS.C19H11ClF2N2S.C4H9NO2.ClH/c1-29(2)12-20(30)28-19-7-6-14(11-26-19)8-16-10-18-23(27-13-31-18)21(22(16)25)15-4-3-5-17(24)9-15;20-14-3-1-2-12(7-14)17-18(22)13(8-15-19(17)24-10-25-15)6-11-4-5-16(21)23-9-11;1-5(2)3-4(6)7;/h3-7,9-11,13H,8,12H2,1-2H3,(H,26,28,30);1-5,7-10H,6H2;3H2,1-2H3,(H,6,7);1H. The number of rotatable bonds is 11. The van der Waals surface area contributed by atoms with E-state index >= 15 is 8.78 Å². The highest BCUT2D eigenvalue weighted by atomic mass is 35.5. The quantitative estimate of drug-likeness (QED) is 0.122. The Morgan fingerprint density at radius 3 is 1.53 bits per heavy atom. The summed E-state index contributed by atoms with van der Waals surface area (Å²) in [6, 6.07) is 24.3. The number of anilines is 1. The van der Waals surface area contributed by atoms with Gasteiger partial charge in [0.2, 0.25) is 11.9 Å². The number of hydrogen-bond acceptors (Lipinski definition) is 10. The molecule has 0 unspecified atom stereocenters. The molecule has 2 N–H and O–H groups in total. The number of carboxylic acid groups (broad SMARTS) is 1. The van der Waals surface area contributed by atoms with E-state index in [1.807, 2.05) is 38.4 Å². The Morgan fingerprint density at radius 2 is 1.14 bits per heavy atom. The van der Waals surface area contributed by atoms with Crippen molar-refractivity contribution in [3.8, 4) is 22.3 Å². The van der Waals surface area contributed by atoms with Crippen molar-refractivity contribution in [3.63, 3.8) is 0 Å². The summed E-state index contributed by atoms with van der Waals surface area (Å²) in [5.41, 5.74) is 9.57. The Hall–Kier alpha value is -5.52. The lowest BCUT2D eigenvalue weighted by molar-refractivity contribution is -0.137. The topological polar surface area (TPSA) is 124 Å². The number of hydrogen-bond donors (Lipinski definition) is 2. The molecule has 64 heavy (non-hydrogen) atoms. The molecule has 0 saturated carbocycles. The van der Waals surface area contributed by atoms with Gasteiger partial charge in [-0.25, -0.2) is 28.7 Å². The minimum Gasteiger partial charge on any atom is -0.480 e. The summed E-state index contributed by atoms with van der Waals surface area (Å²) in [4.78, 5) is 41.6. The molecule has 0 spiro atoms. The van der Waals surface area contributed by atoms with E-state index in [1.54, 1.807) is 95.7 Å². The summed E-state index contributed by atoms with van der Waals surface area (Å²) in [7, 11) is 7.08. The Kier molecular flexibility index (Phi) is 17.7. The van der Waals surface area contributed by atoms with Crippen molar-refractivity contribution in [2.75, 3.05) is 46.6 Å². The first kappa shape index (κ1) is 49.5. The molecule has 332 valence electrons. The van der Waals surface area contributed by atoms with Gasteiger partial charge in [-0.1, -0.05) is 59.6 Å². The lowest BCUT2D eigenvalue weighted by atomic mass is 9.97. The fourth-order valence-corrected chi connectivity index (χ4v) is 8.31. The van der Waals surface area contributed by atoms with Gasteiger partial charge < -0.3 is 15.3 Å². The molecule has 4 aromatic carbocycles. The van der Waals surface area contributed by atoms with E-state index in [2.05, 4.69) is 25.3 Å². The predicted octanol–water partition coefficient (Wildman–Crippen LogP) is 11.2. The van der Waals surface area contributed by atoms with Gasteiger partial charge >= 0.3 is 5.97 Å². The molecule has 0 bridgehead atoms. The Balaban J connectivity index is 0.000000210. The molecule has 4 aromatic heterocycles. The van der Waals surface area contributed by atoms with Gasteiger partial charge in [-0.2, -0.15) is 4.39 Å². The van der Waals surface area contributed by atoms with Gasteiger partial charge in [0.15, 0.2) is 0 Å². The highest BCUT2D eigenvalue weighted by Crippen LogP contribution is 2.38.